The van der Waals surface area contributed by atoms with Crippen LogP contribution in [-0.2, 0) is 6.54 Å². The lowest BCUT2D eigenvalue weighted by Gasteiger charge is -2.36. The standard InChI is InChI=1S/C24H32BFN4O2/c1-16-6-7-18(14-27-16)22(31)28-21-13-20(26)12-19(17(21)2)15-29-8-10-30(11-9-29)23(32)25-24(3,4)5/h6-7,12-14,25H,8-11,15H2,1-5H3,(H,28,31). The molecule has 1 aromatic heterocycles. The first-order valence-corrected chi connectivity index (χ1v) is 11.0. The predicted octanol–water partition coefficient (Wildman–Crippen LogP) is 3.98. The normalized spacial score (nSPS) is 14.9. The number of hydrogen-bond donors (Lipinski definition) is 1. The zero-order valence-electron chi connectivity index (χ0n) is 19.7. The summed E-state index contributed by atoms with van der Waals surface area (Å²) < 4.78 is 14.4. The molecule has 6 nitrogen and oxygen atoms in total. The van der Waals surface area contributed by atoms with Gasteiger partial charge in [-0.3, -0.25) is 19.5 Å². The first kappa shape index (κ1) is 23.9. The first-order valence-electron chi connectivity index (χ1n) is 11.0. The van der Waals surface area contributed by atoms with Gasteiger partial charge in [-0.05, 0) is 49.2 Å². The van der Waals surface area contributed by atoms with Gasteiger partial charge in [-0.2, -0.15) is 0 Å². The highest BCUT2D eigenvalue weighted by atomic mass is 19.1. The Bertz CT molecular complexity index is 981. The van der Waals surface area contributed by atoms with Crippen molar-refractivity contribution < 1.29 is 14.0 Å². The van der Waals surface area contributed by atoms with Crippen LogP contribution in [0.1, 0.15) is 48.0 Å². The van der Waals surface area contributed by atoms with E-state index in [1.165, 1.54) is 18.3 Å². The number of benzene rings is 1. The van der Waals surface area contributed by atoms with Gasteiger partial charge >= 0.3 is 0 Å². The zero-order valence-corrected chi connectivity index (χ0v) is 19.7. The molecular weight excluding hydrogens is 406 g/mol. The molecule has 170 valence electrons. The Balaban J connectivity index is 1.64. The Kier molecular flexibility index (Phi) is 7.34. The minimum absolute atomic E-state index is 0.0254. The van der Waals surface area contributed by atoms with Crippen molar-refractivity contribution in [2.24, 2.45) is 0 Å². The number of aryl methyl sites for hydroxylation is 1. The molecule has 0 radical (unpaired) electrons. The molecule has 32 heavy (non-hydrogen) atoms. The van der Waals surface area contributed by atoms with E-state index < -0.39 is 0 Å². The fraction of sp³-hybridized carbons (Fsp3) is 0.458. The molecule has 0 unspecified atom stereocenters. The summed E-state index contributed by atoms with van der Waals surface area (Å²) in [7, 11) is 0.537. The highest BCUT2D eigenvalue weighted by Gasteiger charge is 2.26. The number of halogens is 1. The van der Waals surface area contributed by atoms with E-state index in [0.29, 0.717) is 38.2 Å². The quantitative estimate of drug-likeness (QED) is 0.718. The number of carbonyl (C=O) groups excluding carboxylic acids is 2. The monoisotopic (exact) mass is 438 g/mol. The van der Waals surface area contributed by atoms with Crippen LogP contribution in [0.4, 0.5) is 14.9 Å². The van der Waals surface area contributed by atoms with Gasteiger partial charge in [0.2, 0.25) is 7.28 Å². The summed E-state index contributed by atoms with van der Waals surface area (Å²) in [5.41, 5.74) is 3.38. The molecule has 2 aromatic rings. The smallest absolute Gasteiger partial charge is 0.257 e. The third kappa shape index (κ3) is 6.39. The summed E-state index contributed by atoms with van der Waals surface area (Å²) >= 11 is 0. The maximum atomic E-state index is 14.4. The molecule has 1 aliphatic rings. The molecule has 1 aliphatic heterocycles. The molecule has 1 fully saturated rings. The van der Waals surface area contributed by atoms with Gasteiger partial charge in [0, 0.05) is 50.3 Å². The molecule has 0 aliphatic carbocycles. The van der Waals surface area contributed by atoms with Crippen LogP contribution in [0.2, 0.25) is 5.31 Å². The molecule has 1 aromatic carbocycles. The molecular formula is C24H32BFN4O2. The van der Waals surface area contributed by atoms with Gasteiger partial charge in [-0.15, -0.1) is 0 Å². The third-order valence-corrected chi connectivity index (χ3v) is 5.70. The van der Waals surface area contributed by atoms with E-state index in [-0.39, 0.29) is 22.8 Å². The predicted molar refractivity (Wildman–Crippen MR) is 127 cm³/mol. The number of pyridine rings is 1. The lowest BCUT2D eigenvalue weighted by Crippen LogP contribution is -2.50. The Morgan fingerprint density at radius 3 is 2.41 bits per heavy atom. The van der Waals surface area contributed by atoms with Crippen molar-refractivity contribution in [1.82, 2.24) is 14.8 Å². The summed E-state index contributed by atoms with van der Waals surface area (Å²) in [5, 5.41) is 2.79. The number of piperazine rings is 1. The van der Waals surface area contributed by atoms with Gasteiger partial charge < -0.3 is 10.2 Å². The number of carbonyl (C=O) groups is 2. The highest BCUT2D eigenvalue weighted by molar-refractivity contribution is 6.75. The van der Waals surface area contributed by atoms with Crippen molar-refractivity contribution in [1.29, 1.82) is 0 Å². The fourth-order valence-electron chi connectivity index (χ4n) is 3.79. The summed E-state index contributed by atoms with van der Waals surface area (Å²) in [6.45, 7) is 13.3. The van der Waals surface area contributed by atoms with Gasteiger partial charge in [0.25, 0.3) is 5.91 Å². The van der Waals surface area contributed by atoms with E-state index in [2.05, 4.69) is 36.0 Å². The SMILES string of the molecule is Cc1ccc(C(=O)Nc2cc(F)cc(CN3CCN(C(=O)BC(C)(C)C)CC3)c2C)cn1. The molecule has 1 saturated heterocycles. The lowest BCUT2D eigenvalue weighted by molar-refractivity contribution is 0.102. The maximum absolute atomic E-state index is 14.4. The molecule has 0 spiro atoms. The fourth-order valence-corrected chi connectivity index (χ4v) is 3.79. The largest absolute Gasteiger partial charge is 0.349 e. The second-order valence-corrected chi connectivity index (χ2v) is 9.77. The zero-order chi connectivity index (χ0) is 23.5. The van der Waals surface area contributed by atoms with E-state index >= 15 is 0 Å². The van der Waals surface area contributed by atoms with Gasteiger partial charge in [-0.1, -0.05) is 26.1 Å². The van der Waals surface area contributed by atoms with E-state index in [1.54, 1.807) is 12.1 Å². The van der Waals surface area contributed by atoms with Crippen LogP contribution in [0, 0.1) is 19.7 Å². The van der Waals surface area contributed by atoms with Crippen LogP contribution in [-0.4, -0.2) is 60.0 Å². The minimum atomic E-state index is -0.387. The van der Waals surface area contributed by atoms with Gasteiger partial charge in [0.15, 0.2) is 5.81 Å². The van der Waals surface area contributed by atoms with E-state index in [0.717, 1.165) is 29.9 Å². The van der Waals surface area contributed by atoms with Gasteiger partial charge in [0.05, 0.1) is 5.56 Å². The Hall–Kier alpha value is -2.74. The number of rotatable bonds is 5. The summed E-state index contributed by atoms with van der Waals surface area (Å²) in [4.78, 5) is 33.3. The average molecular weight is 438 g/mol. The van der Waals surface area contributed by atoms with Crippen molar-refractivity contribution in [3.63, 3.8) is 0 Å². The van der Waals surface area contributed by atoms with Crippen LogP contribution in [0.25, 0.3) is 0 Å². The van der Waals surface area contributed by atoms with Crippen LogP contribution in [0.15, 0.2) is 30.5 Å². The molecule has 8 heteroatoms. The van der Waals surface area contributed by atoms with Crippen LogP contribution in [0.5, 0.6) is 0 Å². The topological polar surface area (TPSA) is 65.5 Å². The molecule has 1 N–H and O–H groups in total. The highest BCUT2D eigenvalue weighted by Crippen LogP contribution is 2.25. The molecule has 3 rings (SSSR count). The van der Waals surface area contributed by atoms with Crippen molar-refractivity contribution in [3.8, 4) is 0 Å². The van der Waals surface area contributed by atoms with E-state index in [9.17, 15) is 14.0 Å². The van der Waals surface area contributed by atoms with Crippen molar-refractivity contribution in [2.45, 2.75) is 46.5 Å². The van der Waals surface area contributed by atoms with Crippen molar-refractivity contribution in [3.05, 3.63) is 58.7 Å². The van der Waals surface area contributed by atoms with Crippen molar-refractivity contribution >= 4 is 24.7 Å². The summed E-state index contributed by atoms with van der Waals surface area (Å²) in [6, 6.07) is 6.34. The van der Waals surface area contributed by atoms with Gasteiger partial charge in [-0.25, -0.2) is 4.39 Å². The summed E-state index contributed by atoms with van der Waals surface area (Å²) in [5.74, 6) is -0.514. The van der Waals surface area contributed by atoms with Crippen LogP contribution in [0.3, 0.4) is 0 Å². The Morgan fingerprint density at radius 1 is 1.12 bits per heavy atom. The number of hydrogen-bond acceptors (Lipinski definition) is 4. The lowest BCUT2D eigenvalue weighted by atomic mass is 9.54. The Labute approximate surface area is 190 Å². The van der Waals surface area contributed by atoms with Crippen molar-refractivity contribution in [2.75, 3.05) is 31.5 Å². The number of aromatic nitrogens is 1. The number of nitrogens with zero attached hydrogens (tertiary/aromatic N) is 3. The second kappa shape index (κ2) is 9.82. The second-order valence-electron chi connectivity index (χ2n) is 9.77. The average Bonchev–Trinajstić information content (AvgIpc) is 2.71. The molecule has 2 amide bonds. The minimum Gasteiger partial charge on any atom is -0.349 e. The van der Waals surface area contributed by atoms with Crippen LogP contribution < -0.4 is 5.32 Å². The van der Waals surface area contributed by atoms with Crippen LogP contribution >= 0.6 is 0 Å². The molecule has 0 saturated carbocycles. The molecule has 0 atom stereocenters. The molecule has 0 bridgehead atoms. The summed E-state index contributed by atoms with van der Waals surface area (Å²) in [6.07, 6.45) is 1.51. The Morgan fingerprint density at radius 2 is 1.81 bits per heavy atom. The number of nitrogens with one attached hydrogen (secondary N) is 1. The van der Waals surface area contributed by atoms with E-state index in [4.69, 9.17) is 0 Å². The molecule has 2 heterocycles. The number of amides is 2. The number of anilines is 1. The first-order chi connectivity index (χ1) is 15.0. The maximum Gasteiger partial charge on any atom is 0.257 e. The van der Waals surface area contributed by atoms with E-state index in [1.807, 2.05) is 18.7 Å². The van der Waals surface area contributed by atoms with Gasteiger partial charge in [0.1, 0.15) is 5.82 Å². The third-order valence-electron chi connectivity index (χ3n) is 5.70.